The second-order valence-electron chi connectivity index (χ2n) is 7.91. The Labute approximate surface area is 151 Å². The molecule has 2 fully saturated rings. The molecule has 1 aromatic rings. The van der Waals surface area contributed by atoms with Gasteiger partial charge in [0.2, 0.25) is 5.82 Å². The van der Waals surface area contributed by atoms with Gasteiger partial charge in [0.25, 0.3) is 0 Å². The highest BCUT2D eigenvalue weighted by molar-refractivity contribution is 5.34. The molecule has 0 spiro atoms. The lowest BCUT2D eigenvalue weighted by molar-refractivity contribution is 0.307. The van der Waals surface area contributed by atoms with Crippen molar-refractivity contribution in [1.29, 1.82) is 0 Å². The van der Waals surface area contributed by atoms with Crippen molar-refractivity contribution in [2.24, 2.45) is 17.8 Å². The molecule has 2 aliphatic rings. The molecule has 0 radical (unpaired) electrons. The zero-order valence-electron chi connectivity index (χ0n) is 15.7. The van der Waals surface area contributed by atoms with Crippen LogP contribution in [0.15, 0.2) is 12.1 Å². The van der Waals surface area contributed by atoms with Gasteiger partial charge in [-0.15, -0.1) is 0 Å². The third-order valence-electron chi connectivity index (χ3n) is 6.56. The van der Waals surface area contributed by atoms with Crippen molar-refractivity contribution < 1.29 is 13.5 Å². The smallest absolute Gasteiger partial charge is 0.200 e. The standard InChI is InChI=1S/C22H32F2O/c1-3-5-6-7-8-15-9-10-17-16(15)11-12-18(17)19-13-14-20(25-4-2)22(24)21(19)23/h13-18H,3-12H2,1-2H3. The number of hydrogen-bond donors (Lipinski definition) is 0. The quantitative estimate of drug-likeness (QED) is 0.466. The monoisotopic (exact) mass is 350 g/mol. The summed E-state index contributed by atoms with van der Waals surface area (Å²) in [6.07, 6.45) is 11.3. The second kappa shape index (κ2) is 8.51. The Bertz CT molecular complexity index is 571. The van der Waals surface area contributed by atoms with Crippen LogP contribution in [0.4, 0.5) is 8.78 Å². The highest BCUT2D eigenvalue weighted by Crippen LogP contribution is 2.56. The molecule has 140 valence electrons. The van der Waals surface area contributed by atoms with Gasteiger partial charge in [-0.1, -0.05) is 45.1 Å². The van der Waals surface area contributed by atoms with Crippen LogP contribution in [0.2, 0.25) is 0 Å². The van der Waals surface area contributed by atoms with E-state index in [-0.39, 0.29) is 11.7 Å². The summed E-state index contributed by atoms with van der Waals surface area (Å²) in [5.41, 5.74) is 0.583. The molecule has 25 heavy (non-hydrogen) atoms. The van der Waals surface area contributed by atoms with Crippen LogP contribution in [-0.2, 0) is 0 Å². The summed E-state index contributed by atoms with van der Waals surface area (Å²) < 4.78 is 34.1. The second-order valence-corrected chi connectivity index (χ2v) is 7.91. The van der Waals surface area contributed by atoms with E-state index in [0.717, 1.165) is 18.3 Å². The van der Waals surface area contributed by atoms with E-state index in [1.54, 1.807) is 19.1 Å². The molecule has 0 amide bonds. The molecule has 0 aromatic heterocycles. The van der Waals surface area contributed by atoms with Crippen LogP contribution in [0.1, 0.15) is 83.1 Å². The minimum absolute atomic E-state index is 0.0403. The zero-order valence-corrected chi connectivity index (χ0v) is 15.7. The predicted molar refractivity (Wildman–Crippen MR) is 98.0 cm³/mol. The number of unbranched alkanes of at least 4 members (excludes halogenated alkanes) is 3. The van der Waals surface area contributed by atoms with E-state index in [1.165, 1.54) is 51.4 Å². The van der Waals surface area contributed by atoms with Crippen molar-refractivity contribution >= 4 is 0 Å². The molecule has 2 saturated carbocycles. The Morgan fingerprint density at radius 1 is 0.920 bits per heavy atom. The molecule has 0 saturated heterocycles. The van der Waals surface area contributed by atoms with Gasteiger partial charge in [-0.2, -0.15) is 4.39 Å². The van der Waals surface area contributed by atoms with Gasteiger partial charge in [-0.05, 0) is 67.9 Å². The summed E-state index contributed by atoms with van der Waals surface area (Å²) in [5, 5.41) is 0. The number of halogens is 2. The Hall–Kier alpha value is -1.12. The van der Waals surface area contributed by atoms with Crippen molar-refractivity contribution in [3.8, 4) is 5.75 Å². The third-order valence-corrected chi connectivity index (χ3v) is 6.56. The first-order valence-corrected chi connectivity index (χ1v) is 10.3. The summed E-state index contributed by atoms with van der Waals surface area (Å²) in [7, 11) is 0. The average molecular weight is 350 g/mol. The molecule has 4 atom stereocenters. The first kappa shape index (κ1) is 18.7. The highest BCUT2D eigenvalue weighted by atomic mass is 19.2. The maximum Gasteiger partial charge on any atom is 0.200 e. The van der Waals surface area contributed by atoms with Gasteiger partial charge >= 0.3 is 0 Å². The summed E-state index contributed by atoms with van der Waals surface area (Å²) in [6, 6.07) is 3.38. The van der Waals surface area contributed by atoms with E-state index in [4.69, 9.17) is 4.74 Å². The number of ether oxygens (including phenoxy) is 1. The number of rotatable bonds is 8. The minimum Gasteiger partial charge on any atom is -0.491 e. The van der Waals surface area contributed by atoms with Crippen LogP contribution in [-0.4, -0.2) is 6.61 Å². The Kier molecular flexibility index (Phi) is 6.35. The molecule has 3 rings (SSSR count). The van der Waals surface area contributed by atoms with Gasteiger partial charge in [0.1, 0.15) is 0 Å². The van der Waals surface area contributed by atoms with E-state index in [9.17, 15) is 8.78 Å². The summed E-state index contributed by atoms with van der Waals surface area (Å²) in [6.45, 7) is 4.38. The van der Waals surface area contributed by atoms with Crippen LogP contribution in [0.3, 0.4) is 0 Å². The average Bonchev–Trinajstić information content (AvgIpc) is 3.19. The summed E-state index contributed by atoms with van der Waals surface area (Å²) >= 11 is 0. The van der Waals surface area contributed by atoms with Crippen molar-refractivity contribution in [3.05, 3.63) is 29.3 Å². The predicted octanol–water partition coefficient (Wildman–Crippen LogP) is 6.85. The largest absolute Gasteiger partial charge is 0.491 e. The topological polar surface area (TPSA) is 9.23 Å². The van der Waals surface area contributed by atoms with Crippen LogP contribution >= 0.6 is 0 Å². The fraction of sp³-hybridized carbons (Fsp3) is 0.727. The van der Waals surface area contributed by atoms with Gasteiger partial charge in [-0.3, -0.25) is 0 Å². The molecule has 0 heterocycles. The van der Waals surface area contributed by atoms with Gasteiger partial charge in [0.05, 0.1) is 6.61 Å². The number of fused-ring (bicyclic) bond motifs is 1. The van der Waals surface area contributed by atoms with Gasteiger partial charge in [-0.25, -0.2) is 4.39 Å². The van der Waals surface area contributed by atoms with E-state index < -0.39 is 11.6 Å². The maximum absolute atomic E-state index is 14.6. The molecule has 0 bridgehead atoms. The van der Waals surface area contributed by atoms with Crippen LogP contribution in [0.5, 0.6) is 5.75 Å². The normalized spacial score (nSPS) is 28.3. The van der Waals surface area contributed by atoms with Crippen molar-refractivity contribution in [2.45, 2.75) is 77.6 Å². The fourth-order valence-electron chi connectivity index (χ4n) is 5.40. The lowest BCUT2D eigenvalue weighted by atomic mass is 9.83. The van der Waals surface area contributed by atoms with Crippen LogP contribution < -0.4 is 4.74 Å². The molecule has 2 aliphatic carbocycles. The summed E-state index contributed by atoms with van der Waals surface area (Å²) in [4.78, 5) is 0. The summed E-state index contributed by atoms with van der Waals surface area (Å²) in [5.74, 6) is 0.820. The number of benzene rings is 1. The third kappa shape index (κ3) is 3.85. The molecule has 3 heteroatoms. The molecule has 0 N–H and O–H groups in total. The highest BCUT2D eigenvalue weighted by Gasteiger charge is 2.45. The Morgan fingerprint density at radius 2 is 1.72 bits per heavy atom. The minimum atomic E-state index is -0.808. The van der Waals surface area contributed by atoms with Crippen molar-refractivity contribution in [3.63, 3.8) is 0 Å². The maximum atomic E-state index is 14.6. The Morgan fingerprint density at radius 3 is 2.48 bits per heavy atom. The van der Waals surface area contributed by atoms with Gasteiger partial charge in [0.15, 0.2) is 11.6 Å². The molecule has 1 aromatic carbocycles. The van der Waals surface area contributed by atoms with E-state index >= 15 is 0 Å². The SMILES string of the molecule is CCCCCCC1CCC2C(c3ccc(OCC)c(F)c3F)CCC12. The fourth-order valence-corrected chi connectivity index (χ4v) is 5.40. The molecule has 1 nitrogen and oxygen atoms in total. The molecular formula is C22H32F2O. The Balaban J connectivity index is 1.67. The van der Waals surface area contributed by atoms with Crippen molar-refractivity contribution in [1.82, 2.24) is 0 Å². The van der Waals surface area contributed by atoms with Gasteiger partial charge < -0.3 is 4.74 Å². The molecule has 4 unspecified atom stereocenters. The zero-order chi connectivity index (χ0) is 17.8. The van der Waals surface area contributed by atoms with Crippen LogP contribution in [0.25, 0.3) is 0 Å². The van der Waals surface area contributed by atoms with E-state index in [1.807, 2.05) is 0 Å². The lowest BCUT2D eigenvalue weighted by Gasteiger charge is -2.22. The van der Waals surface area contributed by atoms with E-state index in [2.05, 4.69) is 6.92 Å². The first-order chi connectivity index (χ1) is 12.2. The lowest BCUT2D eigenvalue weighted by Crippen LogP contribution is -2.14. The first-order valence-electron chi connectivity index (χ1n) is 10.3. The van der Waals surface area contributed by atoms with Crippen LogP contribution in [0, 0.1) is 29.4 Å². The van der Waals surface area contributed by atoms with E-state index in [0.29, 0.717) is 18.1 Å². The molecule has 0 aliphatic heterocycles. The van der Waals surface area contributed by atoms with Gasteiger partial charge in [0, 0.05) is 0 Å². The molecular weight excluding hydrogens is 318 g/mol. The number of hydrogen-bond acceptors (Lipinski definition) is 1. The van der Waals surface area contributed by atoms with Crippen molar-refractivity contribution in [2.75, 3.05) is 6.61 Å².